The maximum atomic E-state index is 12.5. The number of hydrogen-bond acceptors (Lipinski definition) is 8. The van der Waals surface area contributed by atoms with E-state index < -0.39 is 55.4 Å². The molecule has 1 aliphatic carbocycles. The first-order valence-electron chi connectivity index (χ1n) is 6.35. The molecule has 1 aliphatic rings. The molecule has 0 aliphatic heterocycles. The van der Waals surface area contributed by atoms with Crippen LogP contribution in [0.3, 0.4) is 0 Å². The van der Waals surface area contributed by atoms with Crippen molar-refractivity contribution in [2.75, 3.05) is 0 Å². The normalized spacial score (nSPS) is 12.5. The molecule has 0 unspecified atom stereocenters. The minimum absolute atomic E-state index is 0.228. The number of ketones is 2. The molecule has 3 rings (SSSR count). The van der Waals surface area contributed by atoms with Crippen LogP contribution in [-0.2, 0) is 0 Å². The highest BCUT2D eigenvalue weighted by atomic mass is 16.6. The first-order valence-corrected chi connectivity index (χ1v) is 6.35. The van der Waals surface area contributed by atoms with E-state index in [4.69, 9.17) is 0 Å². The SMILES string of the molecule is O=C1c2cc([N+](=O)[O-])ccc2C(=O)c2c1cc(O)c([N+](=O)[O-])c2O. The van der Waals surface area contributed by atoms with Crippen molar-refractivity contribution in [2.45, 2.75) is 0 Å². The molecule has 2 N–H and O–H groups in total. The molecule has 2 aromatic rings. The van der Waals surface area contributed by atoms with Crippen molar-refractivity contribution in [2.24, 2.45) is 0 Å². The van der Waals surface area contributed by atoms with E-state index in [9.17, 15) is 40.0 Å². The van der Waals surface area contributed by atoms with Gasteiger partial charge in [-0.3, -0.25) is 29.8 Å². The van der Waals surface area contributed by atoms with E-state index in [0.29, 0.717) is 6.07 Å². The zero-order valence-electron chi connectivity index (χ0n) is 11.5. The minimum Gasteiger partial charge on any atom is -0.502 e. The van der Waals surface area contributed by atoms with Crippen LogP contribution in [0.25, 0.3) is 0 Å². The van der Waals surface area contributed by atoms with Crippen molar-refractivity contribution in [3.8, 4) is 11.5 Å². The van der Waals surface area contributed by atoms with Gasteiger partial charge in [-0.25, -0.2) is 0 Å². The van der Waals surface area contributed by atoms with Gasteiger partial charge in [0, 0.05) is 28.8 Å². The van der Waals surface area contributed by atoms with Gasteiger partial charge in [0.2, 0.25) is 5.75 Å². The Hall–Kier alpha value is -3.82. The second kappa shape index (κ2) is 4.84. The molecule has 10 nitrogen and oxygen atoms in total. The standard InChI is InChI=1S/C14H6N2O8/c17-9-4-8-10(14(20)11(9)16(23)24)13(19)6-2-1-5(15(21)22)3-7(6)12(8)18/h1-4,17,20H. The molecule has 0 bridgehead atoms. The Morgan fingerprint density at radius 1 is 0.833 bits per heavy atom. The third-order valence-corrected chi connectivity index (χ3v) is 3.61. The molecular formula is C14H6N2O8. The second-order valence-electron chi connectivity index (χ2n) is 4.92. The summed E-state index contributed by atoms with van der Waals surface area (Å²) in [4.78, 5) is 44.8. The molecule has 120 valence electrons. The van der Waals surface area contributed by atoms with Crippen LogP contribution in [-0.4, -0.2) is 31.6 Å². The highest BCUT2D eigenvalue weighted by Crippen LogP contribution is 2.44. The number of non-ortho nitro benzene ring substituents is 1. The average Bonchev–Trinajstić information content (AvgIpc) is 2.51. The molecule has 0 atom stereocenters. The summed E-state index contributed by atoms with van der Waals surface area (Å²) in [6.45, 7) is 0. The Balaban J connectivity index is 2.33. The average molecular weight is 330 g/mol. The van der Waals surface area contributed by atoms with Gasteiger partial charge in [0.1, 0.15) is 0 Å². The number of hydrogen-bond donors (Lipinski definition) is 2. The van der Waals surface area contributed by atoms with E-state index in [1.165, 1.54) is 0 Å². The first kappa shape index (κ1) is 15.1. The number of carbonyl (C=O) groups is 2. The quantitative estimate of drug-likeness (QED) is 0.530. The number of nitro benzene ring substituents is 2. The second-order valence-corrected chi connectivity index (χ2v) is 4.92. The zero-order valence-corrected chi connectivity index (χ0v) is 11.5. The van der Waals surface area contributed by atoms with Gasteiger partial charge in [0.15, 0.2) is 17.3 Å². The molecule has 0 spiro atoms. The van der Waals surface area contributed by atoms with Crippen molar-refractivity contribution in [1.29, 1.82) is 0 Å². The fourth-order valence-corrected chi connectivity index (χ4v) is 2.54. The highest BCUT2D eigenvalue weighted by Gasteiger charge is 2.38. The lowest BCUT2D eigenvalue weighted by molar-refractivity contribution is -0.386. The molecule has 0 saturated carbocycles. The van der Waals surface area contributed by atoms with E-state index in [-0.39, 0.29) is 11.1 Å². The molecule has 0 radical (unpaired) electrons. The van der Waals surface area contributed by atoms with Gasteiger partial charge in [-0.1, -0.05) is 0 Å². The third-order valence-electron chi connectivity index (χ3n) is 3.61. The molecule has 0 aromatic heterocycles. The summed E-state index contributed by atoms with van der Waals surface area (Å²) in [7, 11) is 0. The maximum Gasteiger partial charge on any atom is 0.352 e. The summed E-state index contributed by atoms with van der Waals surface area (Å²) in [5, 5.41) is 41.3. The maximum absolute atomic E-state index is 12.5. The van der Waals surface area contributed by atoms with Crippen molar-refractivity contribution in [3.63, 3.8) is 0 Å². The third kappa shape index (κ3) is 1.90. The number of phenols is 2. The van der Waals surface area contributed by atoms with Gasteiger partial charge in [-0.05, 0) is 12.1 Å². The molecule has 0 amide bonds. The summed E-state index contributed by atoms with van der Waals surface area (Å²) in [6.07, 6.45) is 0. The lowest BCUT2D eigenvalue weighted by Crippen LogP contribution is -2.21. The first-order chi connectivity index (χ1) is 11.2. The van der Waals surface area contributed by atoms with E-state index in [0.717, 1.165) is 18.2 Å². The molecule has 2 aromatic carbocycles. The van der Waals surface area contributed by atoms with Crippen LogP contribution in [0.15, 0.2) is 24.3 Å². The Morgan fingerprint density at radius 2 is 1.50 bits per heavy atom. The van der Waals surface area contributed by atoms with Crippen LogP contribution >= 0.6 is 0 Å². The Bertz CT molecular complexity index is 979. The van der Waals surface area contributed by atoms with Crippen LogP contribution in [0.4, 0.5) is 11.4 Å². The molecule has 0 heterocycles. The lowest BCUT2D eigenvalue weighted by Gasteiger charge is -2.18. The van der Waals surface area contributed by atoms with Gasteiger partial charge in [0.05, 0.1) is 15.4 Å². The number of carbonyl (C=O) groups excluding carboxylic acids is 2. The molecule has 10 heteroatoms. The topological polar surface area (TPSA) is 161 Å². The van der Waals surface area contributed by atoms with Gasteiger partial charge in [-0.2, -0.15) is 0 Å². The van der Waals surface area contributed by atoms with Crippen LogP contribution < -0.4 is 0 Å². The zero-order chi connectivity index (χ0) is 17.8. The van der Waals surface area contributed by atoms with Crippen molar-refractivity contribution < 1.29 is 29.6 Å². The summed E-state index contributed by atoms with van der Waals surface area (Å²) in [6, 6.07) is 3.62. The molecular weight excluding hydrogens is 324 g/mol. The summed E-state index contributed by atoms with van der Waals surface area (Å²) in [5.74, 6) is -3.90. The highest BCUT2D eigenvalue weighted by molar-refractivity contribution is 6.30. The van der Waals surface area contributed by atoms with Gasteiger partial charge >= 0.3 is 5.69 Å². The van der Waals surface area contributed by atoms with Crippen molar-refractivity contribution >= 4 is 22.9 Å². The summed E-state index contributed by atoms with van der Waals surface area (Å²) in [5.41, 5.74) is -3.11. The fraction of sp³-hybridized carbons (Fsp3) is 0. The number of nitrogens with zero attached hydrogens (tertiary/aromatic N) is 2. The van der Waals surface area contributed by atoms with Crippen LogP contribution in [0, 0.1) is 20.2 Å². The van der Waals surface area contributed by atoms with Gasteiger partial charge < -0.3 is 10.2 Å². The number of nitro groups is 2. The number of aromatic hydroxyl groups is 2. The summed E-state index contributed by atoms with van der Waals surface area (Å²) >= 11 is 0. The largest absolute Gasteiger partial charge is 0.502 e. The van der Waals surface area contributed by atoms with Crippen LogP contribution in [0.5, 0.6) is 11.5 Å². The molecule has 24 heavy (non-hydrogen) atoms. The summed E-state index contributed by atoms with van der Waals surface area (Å²) < 4.78 is 0. The monoisotopic (exact) mass is 330 g/mol. The number of benzene rings is 2. The lowest BCUT2D eigenvalue weighted by atomic mass is 9.83. The van der Waals surface area contributed by atoms with Crippen LogP contribution in [0.1, 0.15) is 31.8 Å². The van der Waals surface area contributed by atoms with Gasteiger partial charge in [-0.15, -0.1) is 0 Å². The van der Waals surface area contributed by atoms with E-state index in [1.807, 2.05) is 0 Å². The number of rotatable bonds is 2. The number of phenolic OH excluding ortho intramolecular Hbond substituents is 2. The van der Waals surface area contributed by atoms with Crippen LogP contribution in [0.2, 0.25) is 0 Å². The molecule has 0 fully saturated rings. The van der Waals surface area contributed by atoms with Crippen molar-refractivity contribution in [1.82, 2.24) is 0 Å². The van der Waals surface area contributed by atoms with E-state index >= 15 is 0 Å². The smallest absolute Gasteiger partial charge is 0.352 e. The number of fused-ring (bicyclic) bond motifs is 2. The van der Waals surface area contributed by atoms with E-state index in [2.05, 4.69) is 0 Å². The Labute approximate surface area is 131 Å². The predicted molar refractivity (Wildman–Crippen MR) is 76.4 cm³/mol. The van der Waals surface area contributed by atoms with E-state index in [1.54, 1.807) is 0 Å². The fourth-order valence-electron chi connectivity index (χ4n) is 2.54. The Kier molecular flexibility index (Phi) is 3.04. The van der Waals surface area contributed by atoms with Crippen molar-refractivity contribution in [3.05, 3.63) is 66.7 Å². The predicted octanol–water partition coefficient (Wildman–Crippen LogP) is 1.69. The minimum atomic E-state index is -1.13. The van der Waals surface area contributed by atoms with Gasteiger partial charge in [0.25, 0.3) is 5.69 Å². The Morgan fingerprint density at radius 3 is 2.08 bits per heavy atom. The molecule has 0 saturated heterocycles.